The second-order valence-corrected chi connectivity index (χ2v) is 7.96. The van der Waals surface area contributed by atoms with E-state index in [9.17, 15) is 9.59 Å². The van der Waals surface area contributed by atoms with Gasteiger partial charge < -0.3 is 4.74 Å². The summed E-state index contributed by atoms with van der Waals surface area (Å²) in [6, 6.07) is 21.9. The minimum Gasteiger partial charge on any atom is -0.483 e. The molecule has 0 aromatic heterocycles. The highest BCUT2D eigenvalue weighted by Gasteiger charge is 2.10. The molecule has 0 aliphatic carbocycles. The summed E-state index contributed by atoms with van der Waals surface area (Å²) < 4.78 is 6.02. The molecule has 0 unspecified atom stereocenters. The van der Waals surface area contributed by atoms with Crippen molar-refractivity contribution in [3.63, 3.8) is 0 Å². The van der Waals surface area contributed by atoms with Crippen LogP contribution in [0.1, 0.15) is 10.4 Å². The molecule has 0 radical (unpaired) electrons. The van der Waals surface area contributed by atoms with Crippen molar-refractivity contribution in [1.82, 2.24) is 16.2 Å². The average Bonchev–Trinajstić information content (AvgIpc) is 2.78. The van der Waals surface area contributed by atoms with Gasteiger partial charge in [0.15, 0.2) is 11.7 Å². The van der Waals surface area contributed by atoms with Gasteiger partial charge in [-0.15, -0.1) is 0 Å². The molecular formula is C22H17BrClN3O3S. The van der Waals surface area contributed by atoms with Gasteiger partial charge in [-0.2, -0.15) is 0 Å². The van der Waals surface area contributed by atoms with Gasteiger partial charge in [-0.1, -0.05) is 54.1 Å². The lowest BCUT2D eigenvalue weighted by atomic mass is 10.0. The number of nitrogens with one attached hydrogen (secondary N) is 3. The Morgan fingerprint density at radius 1 is 0.935 bits per heavy atom. The second kappa shape index (κ2) is 10.9. The Morgan fingerprint density at radius 3 is 2.29 bits per heavy atom. The highest BCUT2D eigenvalue weighted by molar-refractivity contribution is 9.10. The molecule has 0 aliphatic rings. The smallest absolute Gasteiger partial charge is 0.276 e. The van der Waals surface area contributed by atoms with Crippen molar-refractivity contribution in [2.45, 2.75) is 0 Å². The fraction of sp³-hybridized carbons (Fsp3) is 0.0455. The summed E-state index contributed by atoms with van der Waals surface area (Å²) in [6.07, 6.45) is 0. The summed E-state index contributed by atoms with van der Waals surface area (Å²) in [5, 5.41) is 3.00. The Bertz CT molecular complexity index is 1090. The first-order valence-corrected chi connectivity index (χ1v) is 10.6. The Morgan fingerprint density at radius 2 is 1.61 bits per heavy atom. The van der Waals surface area contributed by atoms with E-state index in [4.69, 9.17) is 28.6 Å². The Kier molecular flexibility index (Phi) is 8.00. The molecule has 9 heteroatoms. The molecule has 6 nitrogen and oxygen atoms in total. The lowest BCUT2D eigenvalue weighted by Crippen LogP contribution is -2.49. The van der Waals surface area contributed by atoms with Crippen LogP contribution in [0.2, 0.25) is 5.02 Å². The molecule has 2 amide bonds. The van der Waals surface area contributed by atoms with Gasteiger partial charge in [0.2, 0.25) is 0 Å². The van der Waals surface area contributed by atoms with Crippen molar-refractivity contribution in [2.75, 3.05) is 6.61 Å². The van der Waals surface area contributed by atoms with Crippen molar-refractivity contribution in [3.8, 4) is 16.9 Å². The number of hydrogen-bond acceptors (Lipinski definition) is 4. The van der Waals surface area contributed by atoms with Crippen LogP contribution in [0.3, 0.4) is 0 Å². The first-order valence-electron chi connectivity index (χ1n) is 9.06. The molecule has 3 N–H and O–H groups in total. The molecular weight excluding hydrogens is 502 g/mol. The van der Waals surface area contributed by atoms with Crippen LogP contribution in [-0.4, -0.2) is 23.5 Å². The standard InChI is InChI=1S/C22H17BrClN3O3S/c23-18-12-17(24)10-11-19(18)30-13-20(28)26-27-22(31)25-21(29)16-8-6-15(7-9-16)14-4-2-1-3-5-14/h1-12H,13H2,(H,26,28)(H2,25,27,29,31). The van der Waals surface area contributed by atoms with Gasteiger partial charge in [0.05, 0.1) is 4.47 Å². The van der Waals surface area contributed by atoms with Crippen molar-refractivity contribution < 1.29 is 14.3 Å². The summed E-state index contributed by atoms with van der Waals surface area (Å²) in [6.45, 7) is -0.259. The summed E-state index contributed by atoms with van der Waals surface area (Å²) >= 11 is 14.2. The van der Waals surface area contributed by atoms with Gasteiger partial charge in [0.25, 0.3) is 11.8 Å². The number of ether oxygens (including phenoxy) is 1. The van der Waals surface area contributed by atoms with Gasteiger partial charge in [-0.25, -0.2) is 0 Å². The number of halogens is 2. The molecule has 0 spiro atoms. The maximum absolute atomic E-state index is 12.3. The molecule has 0 heterocycles. The SMILES string of the molecule is O=C(COc1ccc(Cl)cc1Br)NNC(=S)NC(=O)c1ccc(-c2ccccc2)cc1. The first kappa shape index (κ1) is 22.7. The van der Waals surface area contributed by atoms with Gasteiger partial charge in [0.1, 0.15) is 5.75 Å². The molecule has 0 bridgehead atoms. The molecule has 3 rings (SSSR count). The first-order chi connectivity index (χ1) is 14.9. The third-order valence-electron chi connectivity index (χ3n) is 4.05. The highest BCUT2D eigenvalue weighted by atomic mass is 79.9. The van der Waals surface area contributed by atoms with Crippen molar-refractivity contribution in [1.29, 1.82) is 0 Å². The van der Waals surface area contributed by atoms with Crippen LogP contribution in [0.15, 0.2) is 77.3 Å². The highest BCUT2D eigenvalue weighted by Crippen LogP contribution is 2.27. The van der Waals surface area contributed by atoms with Crippen LogP contribution in [-0.2, 0) is 4.79 Å². The molecule has 0 aliphatic heterocycles. The predicted molar refractivity (Wildman–Crippen MR) is 128 cm³/mol. The molecule has 3 aromatic rings. The molecule has 0 fully saturated rings. The van der Waals surface area contributed by atoms with Crippen molar-refractivity contribution in [2.24, 2.45) is 0 Å². The lowest BCUT2D eigenvalue weighted by Gasteiger charge is -2.12. The van der Waals surface area contributed by atoms with E-state index in [1.165, 1.54) is 0 Å². The van der Waals surface area contributed by atoms with E-state index in [2.05, 4.69) is 32.1 Å². The summed E-state index contributed by atoms with van der Waals surface area (Å²) in [5.74, 6) is -0.409. The largest absolute Gasteiger partial charge is 0.483 e. The quantitative estimate of drug-likeness (QED) is 0.343. The third-order valence-corrected chi connectivity index (χ3v) is 5.11. The van der Waals surface area contributed by atoms with Crippen LogP contribution in [0, 0.1) is 0 Å². The minimum atomic E-state index is -0.481. The van der Waals surface area contributed by atoms with Gasteiger partial charge in [0, 0.05) is 10.6 Å². The molecule has 158 valence electrons. The Balaban J connectivity index is 1.44. The summed E-state index contributed by atoms with van der Waals surface area (Å²) in [7, 11) is 0. The minimum absolute atomic E-state index is 0.0434. The van der Waals surface area contributed by atoms with E-state index in [0.717, 1.165) is 11.1 Å². The van der Waals surface area contributed by atoms with Crippen LogP contribution in [0.4, 0.5) is 0 Å². The van der Waals surface area contributed by atoms with Crippen molar-refractivity contribution in [3.05, 3.63) is 87.9 Å². The molecule has 0 atom stereocenters. The second-order valence-electron chi connectivity index (χ2n) is 6.26. The van der Waals surface area contributed by atoms with Gasteiger partial charge in [-0.05, 0) is 69.6 Å². The number of carbonyl (C=O) groups is 2. The normalized spacial score (nSPS) is 10.1. The Hall–Kier alpha value is -2.94. The van der Waals surface area contributed by atoms with Crippen LogP contribution in [0.25, 0.3) is 11.1 Å². The van der Waals surface area contributed by atoms with E-state index in [1.807, 2.05) is 42.5 Å². The van der Waals surface area contributed by atoms with Crippen LogP contribution < -0.4 is 20.9 Å². The maximum atomic E-state index is 12.3. The molecule has 0 saturated heterocycles. The number of thiocarbonyl (C=S) groups is 1. The lowest BCUT2D eigenvalue weighted by molar-refractivity contribution is -0.123. The zero-order valence-electron chi connectivity index (χ0n) is 16.0. The fourth-order valence-corrected chi connectivity index (χ4v) is 3.49. The maximum Gasteiger partial charge on any atom is 0.276 e. The van der Waals surface area contributed by atoms with Gasteiger partial charge >= 0.3 is 0 Å². The van der Waals surface area contributed by atoms with Gasteiger partial charge in [-0.3, -0.25) is 25.8 Å². The van der Waals surface area contributed by atoms with E-state index in [1.54, 1.807) is 30.3 Å². The van der Waals surface area contributed by atoms with E-state index in [0.29, 0.717) is 20.8 Å². The zero-order chi connectivity index (χ0) is 22.2. The van der Waals surface area contributed by atoms with Crippen LogP contribution in [0.5, 0.6) is 5.75 Å². The number of carbonyl (C=O) groups excluding carboxylic acids is 2. The van der Waals surface area contributed by atoms with Crippen LogP contribution >= 0.6 is 39.7 Å². The topological polar surface area (TPSA) is 79.5 Å². The summed E-state index contributed by atoms with van der Waals surface area (Å²) in [5.41, 5.74) is 7.32. The molecule has 3 aromatic carbocycles. The number of amides is 2. The summed E-state index contributed by atoms with van der Waals surface area (Å²) in [4.78, 5) is 24.2. The molecule has 0 saturated carbocycles. The predicted octanol–water partition coefficient (Wildman–Crippen LogP) is 4.48. The number of hydrogen-bond donors (Lipinski definition) is 3. The van der Waals surface area contributed by atoms with E-state index in [-0.39, 0.29) is 11.7 Å². The number of benzene rings is 3. The monoisotopic (exact) mass is 517 g/mol. The van der Waals surface area contributed by atoms with E-state index < -0.39 is 11.8 Å². The third kappa shape index (κ3) is 6.78. The Labute approximate surface area is 198 Å². The van der Waals surface area contributed by atoms with E-state index >= 15 is 0 Å². The number of rotatable bonds is 5. The average molecular weight is 519 g/mol. The zero-order valence-corrected chi connectivity index (χ0v) is 19.2. The molecule has 31 heavy (non-hydrogen) atoms. The van der Waals surface area contributed by atoms with Crippen molar-refractivity contribution >= 4 is 56.7 Å². The number of hydrazine groups is 1. The fourth-order valence-electron chi connectivity index (χ4n) is 2.55.